The topological polar surface area (TPSA) is 42.0 Å². The summed E-state index contributed by atoms with van der Waals surface area (Å²) in [4.78, 5) is 16.4. The molecule has 3 nitrogen and oxygen atoms in total. The van der Waals surface area contributed by atoms with E-state index in [0.29, 0.717) is 6.42 Å². The first-order valence-corrected chi connectivity index (χ1v) is 6.54. The van der Waals surface area contributed by atoms with E-state index in [9.17, 15) is 4.79 Å². The molecule has 0 unspecified atom stereocenters. The number of para-hydroxylation sites is 1. The third-order valence-corrected chi connectivity index (χ3v) is 3.54. The smallest absolute Gasteiger partial charge is 0.232 e. The summed E-state index contributed by atoms with van der Waals surface area (Å²) < 4.78 is 0.798. The van der Waals surface area contributed by atoms with Gasteiger partial charge in [0.05, 0.1) is 5.92 Å². The predicted molar refractivity (Wildman–Crippen MR) is 73.5 cm³/mol. The van der Waals surface area contributed by atoms with E-state index < -0.39 is 0 Å². The Kier molecular flexibility index (Phi) is 2.88. The Balaban J connectivity index is 1.91. The second kappa shape index (κ2) is 4.53. The van der Waals surface area contributed by atoms with Crippen LogP contribution in [0.4, 0.5) is 5.69 Å². The van der Waals surface area contributed by atoms with E-state index >= 15 is 0 Å². The van der Waals surface area contributed by atoms with Gasteiger partial charge in [-0.25, -0.2) is 4.98 Å². The minimum Gasteiger partial charge on any atom is -0.325 e. The third kappa shape index (κ3) is 2.04. The van der Waals surface area contributed by atoms with E-state index in [-0.39, 0.29) is 11.8 Å². The van der Waals surface area contributed by atoms with E-state index in [1.165, 1.54) is 0 Å². The molecule has 0 spiro atoms. The van der Waals surface area contributed by atoms with Crippen molar-refractivity contribution in [3.63, 3.8) is 0 Å². The summed E-state index contributed by atoms with van der Waals surface area (Å²) in [5.74, 6) is -0.0824. The average Bonchev–Trinajstić information content (AvgIpc) is 2.66. The normalized spacial score (nSPS) is 17.4. The Morgan fingerprint density at radius 3 is 2.83 bits per heavy atom. The Morgan fingerprint density at radius 1 is 1.17 bits per heavy atom. The van der Waals surface area contributed by atoms with Gasteiger partial charge in [0.15, 0.2) is 0 Å². The lowest BCUT2D eigenvalue weighted by Gasteiger charge is -2.08. The standard InChI is InChI=1S/C14H11BrN2O/c15-13-7-3-4-9(16-13)8-11-10-5-1-2-6-12(10)17-14(11)18/h1-7,11H,8H2,(H,17,18)/t11-/m0/s1. The fraction of sp³-hybridized carbons (Fsp3) is 0.143. The number of nitrogens with zero attached hydrogens (tertiary/aromatic N) is 1. The van der Waals surface area contributed by atoms with Crippen molar-refractivity contribution in [2.75, 3.05) is 5.32 Å². The highest BCUT2D eigenvalue weighted by Gasteiger charge is 2.30. The molecular weight excluding hydrogens is 292 g/mol. The van der Waals surface area contributed by atoms with Crippen LogP contribution in [-0.4, -0.2) is 10.9 Å². The number of halogens is 1. The number of benzene rings is 1. The molecule has 2 heterocycles. The number of hydrogen-bond donors (Lipinski definition) is 1. The average molecular weight is 303 g/mol. The molecule has 1 aliphatic heterocycles. The van der Waals surface area contributed by atoms with Gasteiger partial charge in [-0.15, -0.1) is 0 Å². The summed E-state index contributed by atoms with van der Waals surface area (Å²) >= 11 is 3.35. The summed E-state index contributed by atoms with van der Waals surface area (Å²) in [5.41, 5.74) is 2.90. The molecule has 0 saturated carbocycles. The lowest BCUT2D eigenvalue weighted by Crippen LogP contribution is -2.14. The van der Waals surface area contributed by atoms with Crippen molar-refractivity contribution in [1.82, 2.24) is 4.98 Å². The molecule has 1 aliphatic rings. The van der Waals surface area contributed by atoms with Crippen LogP contribution in [-0.2, 0) is 11.2 Å². The summed E-state index contributed by atoms with van der Waals surface area (Å²) in [6.45, 7) is 0. The van der Waals surface area contributed by atoms with Crippen LogP contribution >= 0.6 is 15.9 Å². The minimum atomic E-state index is -0.136. The first-order chi connectivity index (χ1) is 8.74. The van der Waals surface area contributed by atoms with Crippen LogP contribution in [0.3, 0.4) is 0 Å². The van der Waals surface area contributed by atoms with E-state index in [1.54, 1.807) is 0 Å². The van der Waals surface area contributed by atoms with Crippen molar-refractivity contribution >= 4 is 27.5 Å². The highest BCUT2D eigenvalue weighted by atomic mass is 79.9. The first-order valence-electron chi connectivity index (χ1n) is 5.75. The second-order valence-electron chi connectivity index (χ2n) is 4.28. The number of nitrogens with one attached hydrogen (secondary N) is 1. The number of rotatable bonds is 2. The Hall–Kier alpha value is -1.68. The minimum absolute atomic E-state index is 0.0537. The SMILES string of the molecule is O=C1Nc2ccccc2[C@@H]1Cc1cccc(Br)n1. The summed E-state index contributed by atoms with van der Waals surface area (Å²) in [6.07, 6.45) is 0.627. The lowest BCUT2D eigenvalue weighted by atomic mass is 9.95. The lowest BCUT2D eigenvalue weighted by molar-refractivity contribution is -0.117. The van der Waals surface area contributed by atoms with Gasteiger partial charge in [-0.1, -0.05) is 24.3 Å². The molecule has 4 heteroatoms. The molecule has 0 aliphatic carbocycles. The third-order valence-electron chi connectivity index (χ3n) is 3.10. The quantitative estimate of drug-likeness (QED) is 0.866. The van der Waals surface area contributed by atoms with Crippen molar-refractivity contribution in [1.29, 1.82) is 0 Å². The fourth-order valence-electron chi connectivity index (χ4n) is 2.25. The second-order valence-corrected chi connectivity index (χ2v) is 5.10. The van der Waals surface area contributed by atoms with E-state index in [1.807, 2.05) is 42.5 Å². The Labute approximate surface area is 113 Å². The van der Waals surface area contributed by atoms with Crippen molar-refractivity contribution in [3.8, 4) is 0 Å². The van der Waals surface area contributed by atoms with Crippen molar-refractivity contribution in [2.24, 2.45) is 0 Å². The van der Waals surface area contributed by atoms with Crippen LogP contribution in [0, 0.1) is 0 Å². The van der Waals surface area contributed by atoms with Crippen LogP contribution in [0.15, 0.2) is 47.1 Å². The van der Waals surface area contributed by atoms with E-state index in [0.717, 1.165) is 21.5 Å². The monoisotopic (exact) mass is 302 g/mol. The van der Waals surface area contributed by atoms with Crippen molar-refractivity contribution in [2.45, 2.75) is 12.3 Å². The van der Waals surface area contributed by atoms with E-state index in [4.69, 9.17) is 0 Å². The maximum absolute atomic E-state index is 12.0. The summed E-state index contributed by atoms with van der Waals surface area (Å²) in [6, 6.07) is 13.6. The highest BCUT2D eigenvalue weighted by Crippen LogP contribution is 2.34. The zero-order chi connectivity index (χ0) is 12.5. The maximum atomic E-state index is 12.0. The van der Waals surface area contributed by atoms with Gasteiger partial charge in [0.1, 0.15) is 4.60 Å². The molecule has 0 saturated heterocycles. The zero-order valence-corrected chi connectivity index (χ0v) is 11.1. The van der Waals surface area contributed by atoms with Crippen LogP contribution in [0.2, 0.25) is 0 Å². The molecule has 1 atom stereocenters. The molecular formula is C14H11BrN2O. The van der Waals surface area contributed by atoms with Crippen molar-refractivity contribution in [3.05, 3.63) is 58.3 Å². The van der Waals surface area contributed by atoms with E-state index in [2.05, 4.69) is 26.2 Å². The van der Waals surface area contributed by atoms with Crippen LogP contribution in [0.5, 0.6) is 0 Å². The van der Waals surface area contributed by atoms with Gasteiger partial charge in [-0.2, -0.15) is 0 Å². The molecule has 0 bridgehead atoms. The van der Waals surface area contributed by atoms with Gasteiger partial charge in [0.25, 0.3) is 0 Å². The largest absolute Gasteiger partial charge is 0.325 e. The Bertz CT molecular complexity index is 612. The number of aromatic nitrogens is 1. The predicted octanol–water partition coefficient (Wildman–Crippen LogP) is 3.12. The van der Waals surface area contributed by atoms with Crippen LogP contribution in [0.1, 0.15) is 17.2 Å². The van der Waals surface area contributed by atoms with Gasteiger partial charge in [-0.05, 0) is 39.7 Å². The number of carbonyl (C=O) groups excluding carboxylic acids is 1. The first kappa shape index (κ1) is 11.4. The van der Waals surface area contributed by atoms with Gasteiger partial charge < -0.3 is 5.32 Å². The zero-order valence-electron chi connectivity index (χ0n) is 9.56. The number of amides is 1. The van der Waals surface area contributed by atoms with Gasteiger partial charge >= 0.3 is 0 Å². The number of hydrogen-bond acceptors (Lipinski definition) is 2. The fourth-order valence-corrected chi connectivity index (χ4v) is 2.63. The number of pyridine rings is 1. The summed E-state index contributed by atoms with van der Waals surface area (Å²) in [7, 11) is 0. The number of fused-ring (bicyclic) bond motifs is 1. The molecule has 1 aromatic heterocycles. The number of carbonyl (C=O) groups is 1. The molecule has 1 aromatic carbocycles. The van der Waals surface area contributed by atoms with Gasteiger partial charge in [-0.3, -0.25) is 4.79 Å². The molecule has 2 aromatic rings. The van der Waals surface area contributed by atoms with Crippen LogP contribution in [0.25, 0.3) is 0 Å². The molecule has 1 N–H and O–H groups in total. The molecule has 0 radical (unpaired) electrons. The maximum Gasteiger partial charge on any atom is 0.232 e. The molecule has 18 heavy (non-hydrogen) atoms. The highest BCUT2D eigenvalue weighted by molar-refractivity contribution is 9.10. The molecule has 90 valence electrons. The molecule has 3 rings (SSSR count). The van der Waals surface area contributed by atoms with Gasteiger partial charge in [0, 0.05) is 17.8 Å². The van der Waals surface area contributed by atoms with Crippen molar-refractivity contribution < 1.29 is 4.79 Å². The summed E-state index contributed by atoms with van der Waals surface area (Å²) in [5, 5.41) is 2.90. The molecule has 0 fully saturated rings. The number of anilines is 1. The Morgan fingerprint density at radius 2 is 2.00 bits per heavy atom. The molecule has 1 amide bonds. The van der Waals surface area contributed by atoms with Crippen LogP contribution < -0.4 is 5.32 Å². The van der Waals surface area contributed by atoms with Gasteiger partial charge in [0.2, 0.25) is 5.91 Å².